The lowest BCUT2D eigenvalue weighted by Gasteiger charge is -2.27. The van der Waals surface area contributed by atoms with Crippen LogP contribution in [0.3, 0.4) is 0 Å². The highest BCUT2D eigenvalue weighted by Gasteiger charge is 2.44. The highest BCUT2D eigenvalue weighted by Crippen LogP contribution is 2.35. The molecule has 130 valence electrons. The molecule has 1 saturated heterocycles. The van der Waals surface area contributed by atoms with E-state index in [4.69, 9.17) is 4.74 Å². The molecule has 6 heteroatoms. The van der Waals surface area contributed by atoms with Crippen LogP contribution in [0.1, 0.15) is 29.3 Å². The zero-order valence-corrected chi connectivity index (χ0v) is 15.0. The summed E-state index contributed by atoms with van der Waals surface area (Å²) in [4.78, 5) is 26.9. The Morgan fingerprint density at radius 2 is 2.08 bits per heavy atom. The van der Waals surface area contributed by atoms with Crippen molar-refractivity contribution >= 4 is 29.3 Å². The first-order valence-electron chi connectivity index (χ1n) is 8.51. The molecule has 5 nitrogen and oxygen atoms in total. The van der Waals surface area contributed by atoms with Crippen LogP contribution in [0.25, 0.3) is 0 Å². The minimum Gasteiger partial charge on any atom is -0.378 e. The molecular weight excluding hydrogens is 324 g/mol. The number of anilines is 1. The zero-order chi connectivity index (χ0) is 17.1. The van der Waals surface area contributed by atoms with Crippen molar-refractivity contribution in [3.05, 3.63) is 29.3 Å². The summed E-state index contributed by atoms with van der Waals surface area (Å²) in [6.45, 7) is 6.04. The maximum atomic E-state index is 12.7. The molecule has 0 bridgehead atoms. The van der Waals surface area contributed by atoms with Gasteiger partial charge in [-0.15, -0.1) is 0 Å². The molecule has 1 aliphatic heterocycles. The number of hydrogen-bond acceptors (Lipinski definition) is 4. The second-order valence-electron chi connectivity index (χ2n) is 6.21. The standard InChI is InChI=1S/C18H24N2O3S/c1-3-23-16-11-14(16)17(21)19-15-6-4-5-13(12(15)2)18(22)20-7-9-24-10-8-20/h4-6,14,16H,3,7-11H2,1-2H3,(H,19,21). The summed E-state index contributed by atoms with van der Waals surface area (Å²) in [7, 11) is 0. The molecule has 2 amide bonds. The fourth-order valence-corrected chi connectivity index (χ4v) is 3.91. The summed E-state index contributed by atoms with van der Waals surface area (Å²) < 4.78 is 5.47. The van der Waals surface area contributed by atoms with Gasteiger partial charge in [0.25, 0.3) is 5.91 Å². The SMILES string of the molecule is CCOC1CC1C(=O)Nc1cccc(C(=O)N2CCSCC2)c1C. The molecule has 0 aromatic heterocycles. The number of benzene rings is 1. The predicted octanol–water partition coefficient (Wildman–Crippen LogP) is 2.55. The summed E-state index contributed by atoms with van der Waals surface area (Å²) in [6.07, 6.45) is 0.828. The highest BCUT2D eigenvalue weighted by atomic mass is 32.2. The Hall–Kier alpha value is -1.53. The minimum atomic E-state index is -0.0668. The molecule has 1 N–H and O–H groups in total. The molecule has 0 spiro atoms. The van der Waals surface area contributed by atoms with Crippen LogP contribution >= 0.6 is 11.8 Å². The second kappa shape index (κ2) is 7.57. The van der Waals surface area contributed by atoms with Gasteiger partial charge in [0.15, 0.2) is 0 Å². The lowest BCUT2D eigenvalue weighted by atomic mass is 10.0. The van der Waals surface area contributed by atoms with Crippen LogP contribution in [0.5, 0.6) is 0 Å². The number of hydrogen-bond donors (Lipinski definition) is 1. The molecule has 2 fully saturated rings. The van der Waals surface area contributed by atoms with Crippen LogP contribution in [0.15, 0.2) is 18.2 Å². The first-order valence-corrected chi connectivity index (χ1v) is 9.66. The van der Waals surface area contributed by atoms with Crippen molar-refractivity contribution in [2.24, 2.45) is 5.92 Å². The van der Waals surface area contributed by atoms with E-state index in [0.717, 1.165) is 42.3 Å². The normalized spacial score (nSPS) is 23.0. The fraction of sp³-hybridized carbons (Fsp3) is 0.556. The van der Waals surface area contributed by atoms with E-state index in [1.54, 1.807) is 0 Å². The van der Waals surface area contributed by atoms with Gasteiger partial charge in [0.2, 0.25) is 5.91 Å². The Bertz CT molecular complexity index is 629. The van der Waals surface area contributed by atoms with E-state index >= 15 is 0 Å². The van der Waals surface area contributed by atoms with Crippen LogP contribution in [0, 0.1) is 12.8 Å². The molecule has 24 heavy (non-hydrogen) atoms. The number of nitrogens with one attached hydrogen (secondary N) is 1. The number of rotatable bonds is 5. The molecular formula is C18H24N2O3S. The number of carbonyl (C=O) groups is 2. The molecule has 1 aromatic rings. The highest BCUT2D eigenvalue weighted by molar-refractivity contribution is 7.99. The Balaban J connectivity index is 1.69. The van der Waals surface area contributed by atoms with E-state index in [0.29, 0.717) is 12.2 Å². The number of thioether (sulfide) groups is 1. The summed E-state index contributed by atoms with van der Waals surface area (Å²) in [5.74, 6) is 1.95. The molecule has 1 heterocycles. The average Bonchev–Trinajstić information content (AvgIpc) is 3.37. The van der Waals surface area contributed by atoms with Crippen molar-refractivity contribution in [3.8, 4) is 0 Å². The van der Waals surface area contributed by atoms with Crippen molar-refractivity contribution in [1.29, 1.82) is 0 Å². The molecule has 2 unspecified atom stereocenters. The quantitative estimate of drug-likeness (QED) is 0.888. The minimum absolute atomic E-state index is 0.0180. The molecule has 1 aromatic carbocycles. The third-order valence-corrected chi connectivity index (χ3v) is 5.51. The number of amides is 2. The zero-order valence-electron chi connectivity index (χ0n) is 14.2. The van der Waals surface area contributed by atoms with Gasteiger partial charge in [-0.1, -0.05) is 6.07 Å². The second-order valence-corrected chi connectivity index (χ2v) is 7.43. The van der Waals surface area contributed by atoms with Gasteiger partial charge in [-0.05, 0) is 38.0 Å². The van der Waals surface area contributed by atoms with Crippen molar-refractivity contribution in [2.75, 3.05) is 36.5 Å². The predicted molar refractivity (Wildman–Crippen MR) is 96.6 cm³/mol. The lowest BCUT2D eigenvalue weighted by molar-refractivity contribution is -0.118. The molecule has 2 aliphatic rings. The van der Waals surface area contributed by atoms with Crippen molar-refractivity contribution < 1.29 is 14.3 Å². The fourth-order valence-electron chi connectivity index (χ4n) is 3.01. The van der Waals surface area contributed by atoms with E-state index in [-0.39, 0.29) is 23.8 Å². The summed E-state index contributed by atoms with van der Waals surface area (Å²) >= 11 is 1.88. The summed E-state index contributed by atoms with van der Waals surface area (Å²) in [5, 5.41) is 2.96. The largest absolute Gasteiger partial charge is 0.378 e. The van der Waals surface area contributed by atoms with Gasteiger partial charge in [0, 0.05) is 42.5 Å². The Labute approximate surface area is 147 Å². The van der Waals surface area contributed by atoms with Crippen molar-refractivity contribution in [2.45, 2.75) is 26.4 Å². The smallest absolute Gasteiger partial charge is 0.254 e. The third-order valence-electron chi connectivity index (χ3n) is 4.57. The van der Waals surface area contributed by atoms with E-state index in [1.165, 1.54) is 0 Å². The summed E-state index contributed by atoms with van der Waals surface area (Å²) in [5.41, 5.74) is 2.24. The van der Waals surface area contributed by atoms with E-state index in [9.17, 15) is 9.59 Å². The van der Waals surface area contributed by atoms with Gasteiger partial charge < -0.3 is 15.0 Å². The van der Waals surface area contributed by atoms with E-state index in [2.05, 4.69) is 5.32 Å². The molecule has 1 aliphatic carbocycles. The molecule has 2 atom stereocenters. The van der Waals surface area contributed by atoms with Crippen LogP contribution in [-0.2, 0) is 9.53 Å². The topological polar surface area (TPSA) is 58.6 Å². The van der Waals surface area contributed by atoms with Crippen LogP contribution in [0.2, 0.25) is 0 Å². The van der Waals surface area contributed by atoms with Gasteiger partial charge in [0.1, 0.15) is 0 Å². The van der Waals surface area contributed by atoms with Crippen molar-refractivity contribution in [3.63, 3.8) is 0 Å². The Morgan fingerprint density at radius 1 is 1.33 bits per heavy atom. The molecule has 3 rings (SSSR count). The van der Waals surface area contributed by atoms with Crippen LogP contribution in [0.4, 0.5) is 5.69 Å². The number of nitrogens with zero attached hydrogens (tertiary/aromatic N) is 1. The summed E-state index contributed by atoms with van der Waals surface area (Å²) in [6, 6.07) is 5.53. The maximum Gasteiger partial charge on any atom is 0.254 e. The maximum absolute atomic E-state index is 12.7. The lowest BCUT2D eigenvalue weighted by Crippen LogP contribution is -2.38. The van der Waals surface area contributed by atoms with E-state index < -0.39 is 0 Å². The number of ether oxygens (including phenoxy) is 1. The van der Waals surface area contributed by atoms with E-state index in [1.807, 2.05) is 48.7 Å². The van der Waals surface area contributed by atoms with Gasteiger partial charge in [-0.3, -0.25) is 9.59 Å². The van der Waals surface area contributed by atoms with Gasteiger partial charge in [-0.25, -0.2) is 0 Å². The van der Waals surface area contributed by atoms with Crippen molar-refractivity contribution in [1.82, 2.24) is 4.90 Å². The van der Waals surface area contributed by atoms with Crippen LogP contribution in [-0.4, -0.2) is 54.0 Å². The Morgan fingerprint density at radius 3 is 2.79 bits per heavy atom. The number of carbonyl (C=O) groups excluding carboxylic acids is 2. The monoisotopic (exact) mass is 348 g/mol. The first-order chi connectivity index (χ1) is 11.6. The van der Waals surface area contributed by atoms with Gasteiger partial charge in [-0.2, -0.15) is 11.8 Å². The average molecular weight is 348 g/mol. The van der Waals surface area contributed by atoms with Crippen LogP contribution < -0.4 is 5.32 Å². The third kappa shape index (κ3) is 3.75. The Kier molecular flexibility index (Phi) is 5.46. The van der Waals surface area contributed by atoms with Gasteiger partial charge >= 0.3 is 0 Å². The van der Waals surface area contributed by atoms with Gasteiger partial charge in [0.05, 0.1) is 12.0 Å². The molecule has 1 saturated carbocycles. The first kappa shape index (κ1) is 17.3. The molecule has 0 radical (unpaired) electrons.